The van der Waals surface area contributed by atoms with Crippen molar-refractivity contribution < 1.29 is 4.74 Å². The second-order valence-corrected chi connectivity index (χ2v) is 5.43. The Kier molecular flexibility index (Phi) is 5.20. The number of halogens is 1. The lowest BCUT2D eigenvalue weighted by Gasteiger charge is -2.10. The molecule has 3 heteroatoms. The van der Waals surface area contributed by atoms with E-state index in [4.69, 9.17) is 4.74 Å². The van der Waals surface area contributed by atoms with Crippen LogP contribution in [0, 0.1) is 11.3 Å². The Balaban J connectivity index is 2.10. The van der Waals surface area contributed by atoms with E-state index in [1.165, 1.54) is 0 Å². The Hall–Kier alpha value is -1.79. The van der Waals surface area contributed by atoms with Crippen LogP contribution in [0.25, 0.3) is 0 Å². The molecule has 0 bridgehead atoms. The van der Waals surface area contributed by atoms with Crippen LogP contribution >= 0.6 is 15.9 Å². The molecule has 0 N–H and O–H groups in total. The summed E-state index contributed by atoms with van der Waals surface area (Å²) in [4.78, 5) is 0. The second-order valence-electron chi connectivity index (χ2n) is 4.51. The Morgan fingerprint density at radius 2 is 1.75 bits per heavy atom. The van der Waals surface area contributed by atoms with Gasteiger partial charge in [0.2, 0.25) is 0 Å². The average Bonchev–Trinajstić information content (AvgIpc) is 2.48. The molecule has 20 heavy (non-hydrogen) atoms. The fourth-order valence-corrected chi connectivity index (χ4v) is 2.32. The van der Waals surface area contributed by atoms with E-state index >= 15 is 0 Å². The maximum Gasteiger partial charge on any atom is 0.119 e. The Morgan fingerprint density at radius 1 is 1.10 bits per heavy atom. The number of benzene rings is 2. The SMILES string of the molecule is CCOc1ccc(CC(C#N)c2ccc(Br)cc2)cc1. The molecule has 0 aromatic heterocycles. The first-order valence-corrected chi connectivity index (χ1v) is 7.39. The monoisotopic (exact) mass is 329 g/mol. The molecule has 0 amide bonds. The summed E-state index contributed by atoms with van der Waals surface area (Å²) in [6.45, 7) is 2.63. The molecule has 0 aliphatic carbocycles. The van der Waals surface area contributed by atoms with Crippen LogP contribution in [0.4, 0.5) is 0 Å². The zero-order valence-electron chi connectivity index (χ0n) is 11.3. The summed E-state index contributed by atoms with van der Waals surface area (Å²) in [6, 6.07) is 18.3. The second kappa shape index (κ2) is 7.12. The van der Waals surface area contributed by atoms with Gasteiger partial charge in [-0.05, 0) is 48.7 Å². The molecule has 102 valence electrons. The minimum absolute atomic E-state index is 0.124. The largest absolute Gasteiger partial charge is 0.494 e. The van der Waals surface area contributed by atoms with Crippen LogP contribution in [-0.2, 0) is 6.42 Å². The van der Waals surface area contributed by atoms with Gasteiger partial charge in [-0.3, -0.25) is 0 Å². The molecule has 1 atom stereocenters. The summed E-state index contributed by atoms with van der Waals surface area (Å²) in [7, 11) is 0. The summed E-state index contributed by atoms with van der Waals surface area (Å²) >= 11 is 3.41. The van der Waals surface area contributed by atoms with E-state index in [0.717, 1.165) is 21.3 Å². The minimum Gasteiger partial charge on any atom is -0.494 e. The van der Waals surface area contributed by atoms with Gasteiger partial charge in [-0.25, -0.2) is 0 Å². The van der Waals surface area contributed by atoms with Gasteiger partial charge < -0.3 is 4.74 Å². The molecule has 0 aliphatic rings. The van der Waals surface area contributed by atoms with Crippen molar-refractivity contribution in [3.05, 3.63) is 64.1 Å². The standard InChI is InChI=1S/C17H16BrNO/c1-2-20-17-9-3-13(4-10-17)11-15(12-19)14-5-7-16(18)8-6-14/h3-10,15H,2,11H2,1H3. The zero-order valence-corrected chi connectivity index (χ0v) is 12.9. The van der Waals surface area contributed by atoms with Crippen LogP contribution in [0.5, 0.6) is 5.75 Å². The predicted octanol–water partition coefficient (Wildman–Crippen LogP) is 4.70. The van der Waals surface area contributed by atoms with E-state index in [0.29, 0.717) is 13.0 Å². The highest BCUT2D eigenvalue weighted by atomic mass is 79.9. The van der Waals surface area contributed by atoms with E-state index in [2.05, 4.69) is 22.0 Å². The summed E-state index contributed by atoms with van der Waals surface area (Å²) in [5.74, 6) is 0.745. The van der Waals surface area contributed by atoms with Crippen molar-refractivity contribution >= 4 is 15.9 Å². The first-order chi connectivity index (χ1) is 9.72. The van der Waals surface area contributed by atoms with Gasteiger partial charge in [-0.1, -0.05) is 40.2 Å². The molecule has 2 rings (SSSR count). The molecule has 0 radical (unpaired) electrons. The van der Waals surface area contributed by atoms with E-state index in [1.807, 2.05) is 55.5 Å². The average molecular weight is 330 g/mol. The van der Waals surface area contributed by atoms with E-state index in [9.17, 15) is 5.26 Å². The van der Waals surface area contributed by atoms with Crippen molar-refractivity contribution in [1.82, 2.24) is 0 Å². The summed E-state index contributed by atoms with van der Waals surface area (Å²) < 4.78 is 6.45. The van der Waals surface area contributed by atoms with Crippen molar-refractivity contribution in [2.45, 2.75) is 19.3 Å². The number of nitriles is 1. The quantitative estimate of drug-likeness (QED) is 0.796. The predicted molar refractivity (Wildman–Crippen MR) is 83.8 cm³/mol. The molecule has 0 heterocycles. The van der Waals surface area contributed by atoms with Crippen LogP contribution in [-0.4, -0.2) is 6.61 Å². The van der Waals surface area contributed by atoms with Gasteiger partial charge in [-0.2, -0.15) is 5.26 Å². The van der Waals surface area contributed by atoms with E-state index in [-0.39, 0.29) is 5.92 Å². The summed E-state index contributed by atoms with van der Waals surface area (Å²) in [5, 5.41) is 9.36. The van der Waals surface area contributed by atoms with E-state index in [1.54, 1.807) is 0 Å². The number of nitrogens with zero attached hydrogens (tertiary/aromatic N) is 1. The lowest BCUT2D eigenvalue weighted by molar-refractivity contribution is 0.340. The minimum atomic E-state index is -0.124. The van der Waals surface area contributed by atoms with Gasteiger partial charge in [0, 0.05) is 4.47 Å². The molecule has 2 aromatic rings. The highest BCUT2D eigenvalue weighted by Crippen LogP contribution is 2.23. The van der Waals surface area contributed by atoms with Gasteiger partial charge in [0.25, 0.3) is 0 Å². The fourth-order valence-electron chi connectivity index (χ4n) is 2.06. The number of rotatable bonds is 5. The van der Waals surface area contributed by atoms with Crippen LogP contribution in [0.1, 0.15) is 24.0 Å². The third-order valence-electron chi connectivity index (χ3n) is 3.10. The van der Waals surface area contributed by atoms with Gasteiger partial charge in [0.05, 0.1) is 18.6 Å². The highest BCUT2D eigenvalue weighted by Gasteiger charge is 2.11. The van der Waals surface area contributed by atoms with Crippen LogP contribution in [0.15, 0.2) is 53.0 Å². The zero-order chi connectivity index (χ0) is 14.4. The maximum atomic E-state index is 9.36. The molecule has 0 spiro atoms. The van der Waals surface area contributed by atoms with Crippen molar-refractivity contribution in [3.63, 3.8) is 0 Å². The topological polar surface area (TPSA) is 33.0 Å². The Bertz CT molecular complexity index is 584. The summed E-state index contributed by atoms with van der Waals surface area (Å²) in [5.41, 5.74) is 2.19. The number of hydrogen-bond donors (Lipinski definition) is 0. The van der Waals surface area contributed by atoms with Crippen molar-refractivity contribution in [1.29, 1.82) is 5.26 Å². The molecule has 0 saturated carbocycles. The third kappa shape index (κ3) is 3.85. The normalized spacial score (nSPS) is 11.7. The Morgan fingerprint density at radius 3 is 2.30 bits per heavy atom. The smallest absolute Gasteiger partial charge is 0.119 e. The molecule has 2 nitrogen and oxygen atoms in total. The van der Waals surface area contributed by atoms with Crippen molar-refractivity contribution in [2.24, 2.45) is 0 Å². The van der Waals surface area contributed by atoms with Gasteiger partial charge in [0.1, 0.15) is 5.75 Å². The number of ether oxygens (including phenoxy) is 1. The molecule has 1 unspecified atom stereocenters. The van der Waals surface area contributed by atoms with Gasteiger partial charge in [-0.15, -0.1) is 0 Å². The molecule has 0 aliphatic heterocycles. The summed E-state index contributed by atoms with van der Waals surface area (Å²) in [6.07, 6.45) is 0.713. The lowest BCUT2D eigenvalue weighted by Crippen LogP contribution is -2.00. The lowest BCUT2D eigenvalue weighted by atomic mass is 9.93. The van der Waals surface area contributed by atoms with Crippen LogP contribution in [0.3, 0.4) is 0 Å². The molecular weight excluding hydrogens is 314 g/mol. The molecule has 2 aromatic carbocycles. The van der Waals surface area contributed by atoms with Gasteiger partial charge >= 0.3 is 0 Å². The molecule has 0 fully saturated rings. The molecular formula is C17H16BrNO. The first kappa shape index (κ1) is 14.6. The highest BCUT2D eigenvalue weighted by molar-refractivity contribution is 9.10. The maximum absolute atomic E-state index is 9.36. The van der Waals surface area contributed by atoms with Crippen LogP contribution < -0.4 is 4.74 Å². The van der Waals surface area contributed by atoms with Gasteiger partial charge in [0.15, 0.2) is 0 Å². The van der Waals surface area contributed by atoms with E-state index < -0.39 is 0 Å². The fraction of sp³-hybridized carbons (Fsp3) is 0.235. The Labute approximate surface area is 128 Å². The number of hydrogen-bond acceptors (Lipinski definition) is 2. The molecule has 0 saturated heterocycles. The van der Waals surface area contributed by atoms with Crippen LogP contribution in [0.2, 0.25) is 0 Å². The van der Waals surface area contributed by atoms with Crippen molar-refractivity contribution in [3.8, 4) is 11.8 Å². The van der Waals surface area contributed by atoms with Crippen molar-refractivity contribution in [2.75, 3.05) is 6.61 Å². The third-order valence-corrected chi connectivity index (χ3v) is 3.63. The first-order valence-electron chi connectivity index (χ1n) is 6.59.